The highest BCUT2D eigenvalue weighted by molar-refractivity contribution is 6.05. The molecule has 1 N–H and O–H groups in total. The van der Waals surface area contributed by atoms with Gasteiger partial charge < -0.3 is 10.1 Å². The lowest BCUT2D eigenvalue weighted by molar-refractivity contribution is -0.116. The van der Waals surface area contributed by atoms with Gasteiger partial charge in [0.05, 0.1) is 5.92 Å². The first kappa shape index (κ1) is 17.8. The van der Waals surface area contributed by atoms with Gasteiger partial charge in [-0.1, -0.05) is 0 Å². The predicted octanol–water partition coefficient (Wildman–Crippen LogP) is 1.84. The summed E-state index contributed by atoms with van der Waals surface area (Å²) in [5, 5.41) is 6.83. The van der Waals surface area contributed by atoms with Gasteiger partial charge in [-0.2, -0.15) is 4.98 Å². The zero-order valence-electron chi connectivity index (χ0n) is 15.5. The van der Waals surface area contributed by atoms with E-state index in [2.05, 4.69) is 20.4 Å². The van der Waals surface area contributed by atoms with E-state index in [1.807, 2.05) is 19.9 Å². The maximum absolute atomic E-state index is 12.4. The summed E-state index contributed by atoms with van der Waals surface area (Å²) >= 11 is 0. The molecular weight excluding hydrogens is 362 g/mol. The molecule has 1 amide bonds. The summed E-state index contributed by atoms with van der Waals surface area (Å²) < 4.78 is 6.52. The highest BCUT2D eigenvalue weighted by Gasteiger charge is 2.27. The van der Waals surface area contributed by atoms with Crippen molar-refractivity contribution >= 4 is 29.1 Å². The Morgan fingerprint density at radius 1 is 1.21 bits per heavy atom. The largest absolute Gasteiger partial charge is 0.451 e. The Balaban J connectivity index is 1.47. The summed E-state index contributed by atoms with van der Waals surface area (Å²) in [5.41, 5.74) is 3.34. The molecule has 2 aromatic heterocycles. The highest BCUT2D eigenvalue weighted by atomic mass is 16.5. The third kappa shape index (κ3) is 3.00. The van der Waals surface area contributed by atoms with E-state index in [4.69, 9.17) is 4.74 Å². The lowest BCUT2D eigenvalue weighted by Crippen LogP contribution is -2.15. The first-order chi connectivity index (χ1) is 13.3. The molecule has 142 valence electrons. The van der Waals surface area contributed by atoms with E-state index in [9.17, 15) is 14.4 Å². The van der Waals surface area contributed by atoms with Crippen LogP contribution in [-0.4, -0.2) is 43.8 Å². The molecule has 28 heavy (non-hydrogen) atoms. The molecule has 3 heterocycles. The molecule has 0 bridgehead atoms. The third-order valence-corrected chi connectivity index (χ3v) is 4.63. The molecule has 0 saturated carbocycles. The quantitative estimate of drug-likeness (QED) is 0.543. The third-order valence-electron chi connectivity index (χ3n) is 4.63. The minimum absolute atomic E-state index is 0.108. The number of hydrogen-bond donors (Lipinski definition) is 1. The maximum Gasteiger partial charge on any atom is 0.378 e. The number of amides is 1. The van der Waals surface area contributed by atoms with Gasteiger partial charge in [-0.15, -0.1) is 5.10 Å². The molecule has 1 atom stereocenters. The van der Waals surface area contributed by atoms with Crippen LogP contribution in [0.25, 0.3) is 5.78 Å². The van der Waals surface area contributed by atoms with Gasteiger partial charge in [0, 0.05) is 22.6 Å². The van der Waals surface area contributed by atoms with Crippen molar-refractivity contribution in [2.75, 3.05) is 11.9 Å². The van der Waals surface area contributed by atoms with Crippen LogP contribution in [0.3, 0.4) is 0 Å². The standard InChI is InChI=1S/C19H17N5O4/c1-9-6-10(2)24-19(20-9)22-16(23-24)18(27)28-8-15(25)12-4-5-14-13(7-12)11(3)17(26)21-14/h4-7,11H,8H2,1-3H3,(H,21,26)/t11-/m0/s1. The summed E-state index contributed by atoms with van der Waals surface area (Å²) in [6.07, 6.45) is 0. The van der Waals surface area contributed by atoms with E-state index in [0.717, 1.165) is 17.0 Å². The highest BCUT2D eigenvalue weighted by Crippen LogP contribution is 2.32. The number of nitrogens with zero attached hydrogens (tertiary/aromatic N) is 4. The fourth-order valence-electron chi connectivity index (χ4n) is 3.12. The van der Waals surface area contributed by atoms with Gasteiger partial charge in [-0.25, -0.2) is 14.3 Å². The topological polar surface area (TPSA) is 116 Å². The molecule has 1 aliphatic heterocycles. The number of ketones is 1. The number of carbonyl (C=O) groups is 3. The lowest BCUT2D eigenvalue weighted by Gasteiger charge is -2.06. The first-order valence-electron chi connectivity index (χ1n) is 8.69. The number of aryl methyl sites for hydroxylation is 2. The number of hydrogen-bond acceptors (Lipinski definition) is 7. The molecule has 4 rings (SSSR count). The number of fused-ring (bicyclic) bond motifs is 2. The van der Waals surface area contributed by atoms with Gasteiger partial charge in [0.1, 0.15) is 0 Å². The van der Waals surface area contributed by atoms with E-state index in [1.165, 1.54) is 4.52 Å². The van der Waals surface area contributed by atoms with Crippen LogP contribution in [0, 0.1) is 13.8 Å². The molecule has 0 unspecified atom stereocenters. The van der Waals surface area contributed by atoms with E-state index in [0.29, 0.717) is 17.0 Å². The monoisotopic (exact) mass is 379 g/mol. The number of nitrogens with one attached hydrogen (secondary N) is 1. The smallest absolute Gasteiger partial charge is 0.378 e. The summed E-state index contributed by atoms with van der Waals surface area (Å²) in [4.78, 5) is 44.6. The van der Waals surface area contributed by atoms with Gasteiger partial charge in [0.2, 0.25) is 5.91 Å². The molecule has 0 aliphatic carbocycles. The molecule has 9 nitrogen and oxygen atoms in total. The Morgan fingerprint density at radius 3 is 2.79 bits per heavy atom. The summed E-state index contributed by atoms with van der Waals surface area (Å²) in [5.74, 6) is -1.49. The molecule has 0 spiro atoms. The van der Waals surface area contributed by atoms with Crippen LogP contribution in [0.5, 0.6) is 0 Å². The lowest BCUT2D eigenvalue weighted by atomic mass is 9.99. The summed E-state index contributed by atoms with van der Waals surface area (Å²) in [6.45, 7) is 4.96. The van der Waals surface area contributed by atoms with E-state index < -0.39 is 12.6 Å². The Morgan fingerprint density at radius 2 is 2.00 bits per heavy atom. The van der Waals surface area contributed by atoms with Gasteiger partial charge in [-0.3, -0.25) is 9.59 Å². The number of ether oxygens (including phenoxy) is 1. The average Bonchev–Trinajstić information content (AvgIpc) is 3.21. The molecule has 0 saturated heterocycles. The van der Waals surface area contributed by atoms with Crippen molar-refractivity contribution in [3.05, 3.63) is 52.6 Å². The summed E-state index contributed by atoms with van der Waals surface area (Å²) in [6, 6.07) is 6.72. The number of anilines is 1. The fourth-order valence-corrected chi connectivity index (χ4v) is 3.12. The Bertz CT molecular complexity index is 1150. The SMILES string of the molecule is Cc1cc(C)n2nc(C(=O)OCC(=O)c3ccc4c(c3)[C@H](C)C(=O)N4)nc2n1. The van der Waals surface area contributed by atoms with Crippen molar-refractivity contribution in [1.82, 2.24) is 19.6 Å². The Labute approximate surface area is 159 Å². The van der Waals surface area contributed by atoms with Crippen molar-refractivity contribution in [1.29, 1.82) is 0 Å². The minimum Gasteiger partial charge on any atom is -0.451 e. The van der Waals surface area contributed by atoms with Crippen LogP contribution in [-0.2, 0) is 9.53 Å². The Hall–Kier alpha value is -3.62. The molecule has 1 aliphatic rings. The zero-order valence-corrected chi connectivity index (χ0v) is 15.5. The number of carbonyl (C=O) groups excluding carboxylic acids is 3. The van der Waals surface area contributed by atoms with E-state index in [-0.39, 0.29) is 23.4 Å². The Kier molecular flexibility index (Phi) is 4.14. The fraction of sp³-hybridized carbons (Fsp3) is 0.263. The molecule has 0 radical (unpaired) electrons. The van der Waals surface area contributed by atoms with Crippen molar-refractivity contribution in [3.63, 3.8) is 0 Å². The predicted molar refractivity (Wildman–Crippen MR) is 98.4 cm³/mol. The molecule has 9 heteroatoms. The van der Waals surface area contributed by atoms with Crippen molar-refractivity contribution in [2.24, 2.45) is 0 Å². The summed E-state index contributed by atoms with van der Waals surface area (Å²) in [7, 11) is 0. The van der Waals surface area contributed by atoms with Crippen LogP contribution in [0.2, 0.25) is 0 Å². The van der Waals surface area contributed by atoms with Crippen LogP contribution in [0.15, 0.2) is 24.3 Å². The number of esters is 1. The number of Topliss-reactive ketones (excluding diaryl/α,β-unsaturated/α-hetero) is 1. The molecule has 0 fully saturated rings. The normalized spacial score (nSPS) is 15.4. The number of benzene rings is 1. The second-order valence-corrected chi connectivity index (χ2v) is 6.70. The second kappa shape index (κ2) is 6.52. The minimum atomic E-state index is -0.803. The first-order valence-corrected chi connectivity index (χ1v) is 8.69. The van der Waals surface area contributed by atoms with Crippen LogP contribution >= 0.6 is 0 Å². The zero-order chi connectivity index (χ0) is 20.0. The van der Waals surface area contributed by atoms with Crippen LogP contribution in [0.4, 0.5) is 5.69 Å². The van der Waals surface area contributed by atoms with Gasteiger partial charge >= 0.3 is 5.97 Å². The van der Waals surface area contributed by atoms with Gasteiger partial charge in [0.15, 0.2) is 12.4 Å². The maximum atomic E-state index is 12.4. The van der Waals surface area contributed by atoms with Crippen molar-refractivity contribution in [3.8, 4) is 0 Å². The van der Waals surface area contributed by atoms with Crippen molar-refractivity contribution < 1.29 is 19.1 Å². The molecule has 3 aromatic rings. The van der Waals surface area contributed by atoms with Gasteiger partial charge in [0.25, 0.3) is 11.6 Å². The van der Waals surface area contributed by atoms with Crippen LogP contribution in [0.1, 0.15) is 50.8 Å². The van der Waals surface area contributed by atoms with E-state index in [1.54, 1.807) is 25.1 Å². The van der Waals surface area contributed by atoms with E-state index >= 15 is 0 Å². The van der Waals surface area contributed by atoms with Crippen molar-refractivity contribution in [2.45, 2.75) is 26.7 Å². The number of aromatic nitrogens is 4. The molecule has 1 aromatic carbocycles. The van der Waals surface area contributed by atoms with Gasteiger partial charge in [-0.05, 0) is 50.6 Å². The average molecular weight is 379 g/mol. The number of rotatable bonds is 4. The van der Waals surface area contributed by atoms with Crippen LogP contribution < -0.4 is 5.32 Å². The second-order valence-electron chi connectivity index (χ2n) is 6.70. The molecular formula is C19H17N5O4.